The lowest BCUT2D eigenvalue weighted by Gasteiger charge is -2.38. The van der Waals surface area contributed by atoms with Crippen molar-refractivity contribution in [3.05, 3.63) is 72.7 Å². The Morgan fingerprint density at radius 2 is 1.85 bits per heavy atom. The van der Waals surface area contributed by atoms with Gasteiger partial charge in [-0.1, -0.05) is 30.3 Å². The Morgan fingerprint density at radius 3 is 2.52 bits per heavy atom. The number of benzene rings is 1. The van der Waals surface area contributed by atoms with E-state index in [0.29, 0.717) is 5.56 Å². The minimum atomic E-state index is -0.0914. The molecular weight excluding hydrogens is 342 g/mol. The zero-order chi connectivity index (χ0) is 18.5. The maximum atomic E-state index is 13.0. The number of rotatable bonds is 6. The summed E-state index contributed by atoms with van der Waals surface area (Å²) < 4.78 is 6.77. The van der Waals surface area contributed by atoms with Crippen molar-refractivity contribution in [2.75, 3.05) is 24.6 Å². The highest BCUT2D eigenvalue weighted by molar-refractivity contribution is 6.01. The number of nitrogens with zero attached hydrogens (tertiary/aromatic N) is 5. The van der Waals surface area contributed by atoms with Crippen LogP contribution >= 0.6 is 0 Å². The molecule has 0 saturated carbocycles. The van der Waals surface area contributed by atoms with Crippen molar-refractivity contribution in [2.24, 2.45) is 0 Å². The number of likely N-dealkylation sites (tertiary alicyclic amines) is 1. The van der Waals surface area contributed by atoms with E-state index in [2.05, 4.69) is 39.4 Å². The van der Waals surface area contributed by atoms with E-state index in [1.807, 2.05) is 6.07 Å². The van der Waals surface area contributed by atoms with E-state index in [1.54, 1.807) is 28.4 Å². The number of aromatic nitrogens is 3. The molecule has 0 atom stereocenters. The Bertz CT molecular complexity index is 825. The summed E-state index contributed by atoms with van der Waals surface area (Å²) in [4.78, 5) is 15.4. The molecule has 7 heteroatoms. The van der Waals surface area contributed by atoms with E-state index >= 15 is 0 Å². The van der Waals surface area contributed by atoms with Crippen molar-refractivity contribution in [3.63, 3.8) is 0 Å². The first-order chi connectivity index (χ1) is 13.3. The molecule has 3 aromatic rings. The van der Waals surface area contributed by atoms with Gasteiger partial charge in [-0.05, 0) is 30.9 Å². The van der Waals surface area contributed by atoms with Gasteiger partial charge in [-0.3, -0.25) is 4.79 Å². The van der Waals surface area contributed by atoms with Crippen LogP contribution in [0.25, 0.3) is 0 Å². The third kappa shape index (κ3) is 4.09. The van der Waals surface area contributed by atoms with Crippen LogP contribution < -0.4 is 5.01 Å². The second-order valence-electron chi connectivity index (χ2n) is 6.81. The van der Waals surface area contributed by atoms with Crippen molar-refractivity contribution in [3.8, 4) is 0 Å². The average Bonchev–Trinajstić information content (AvgIpc) is 3.43. The fraction of sp³-hybridized carbons (Fsp3) is 0.350. The van der Waals surface area contributed by atoms with Crippen LogP contribution in [0.1, 0.15) is 28.8 Å². The minimum absolute atomic E-state index is 0.0914. The molecule has 0 radical (unpaired) electrons. The second kappa shape index (κ2) is 8.18. The Kier molecular flexibility index (Phi) is 5.29. The molecule has 27 heavy (non-hydrogen) atoms. The monoisotopic (exact) mass is 365 g/mol. The van der Waals surface area contributed by atoms with Gasteiger partial charge < -0.3 is 9.32 Å². The average molecular weight is 365 g/mol. The van der Waals surface area contributed by atoms with Crippen molar-refractivity contribution in [1.82, 2.24) is 19.8 Å². The Balaban J connectivity index is 1.39. The van der Waals surface area contributed by atoms with Crippen molar-refractivity contribution in [2.45, 2.75) is 25.3 Å². The molecule has 1 amide bonds. The molecule has 0 N–H and O–H groups in total. The van der Waals surface area contributed by atoms with Gasteiger partial charge in [-0.15, -0.1) is 10.2 Å². The summed E-state index contributed by atoms with van der Waals surface area (Å²) in [6, 6.07) is 12.4. The topological polar surface area (TPSA) is 67.4 Å². The maximum Gasteiger partial charge on any atom is 0.276 e. The molecule has 140 valence electrons. The fourth-order valence-corrected chi connectivity index (χ4v) is 3.60. The van der Waals surface area contributed by atoms with E-state index in [1.165, 1.54) is 18.1 Å². The lowest BCUT2D eigenvalue weighted by Crippen LogP contribution is -2.52. The van der Waals surface area contributed by atoms with Crippen molar-refractivity contribution < 1.29 is 9.21 Å². The SMILES string of the molecule is O=C(c1ccoc1)N(C1CCN(CCc2ccccc2)CC1)n1cnnc1. The van der Waals surface area contributed by atoms with Crippen LogP contribution in [-0.2, 0) is 6.42 Å². The lowest BCUT2D eigenvalue weighted by molar-refractivity contribution is 0.0918. The molecule has 0 aliphatic carbocycles. The van der Waals surface area contributed by atoms with Gasteiger partial charge >= 0.3 is 0 Å². The Labute approximate surface area is 158 Å². The van der Waals surface area contributed by atoms with Crippen LogP contribution in [0.2, 0.25) is 0 Å². The molecular formula is C20H23N5O2. The summed E-state index contributed by atoms with van der Waals surface area (Å²) in [6.07, 6.45) is 9.01. The van der Waals surface area contributed by atoms with Gasteiger partial charge in [0.2, 0.25) is 0 Å². The first-order valence-electron chi connectivity index (χ1n) is 9.28. The number of hydrogen-bond acceptors (Lipinski definition) is 5. The summed E-state index contributed by atoms with van der Waals surface area (Å²) in [5.41, 5.74) is 1.90. The van der Waals surface area contributed by atoms with Crippen molar-refractivity contribution >= 4 is 5.91 Å². The van der Waals surface area contributed by atoms with Crippen LogP contribution in [0.5, 0.6) is 0 Å². The highest BCUT2D eigenvalue weighted by atomic mass is 16.3. The van der Waals surface area contributed by atoms with Gasteiger partial charge in [0, 0.05) is 19.6 Å². The predicted molar refractivity (Wildman–Crippen MR) is 101 cm³/mol. The molecule has 0 bridgehead atoms. The molecule has 3 heterocycles. The third-order valence-electron chi connectivity index (χ3n) is 5.09. The maximum absolute atomic E-state index is 13.0. The number of hydrogen-bond donors (Lipinski definition) is 0. The van der Waals surface area contributed by atoms with E-state index in [4.69, 9.17) is 4.42 Å². The number of carbonyl (C=O) groups excluding carboxylic acids is 1. The Hall–Kier alpha value is -2.93. The number of piperidine rings is 1. The van der Waals surface area contributed by atoms with Crippen LogP contribution in [0, 0.1) is 0 Å². The largest absolute Gasteiger partial charge is 0.472 e. The van der Waals surface area contributed by atoms with Crippen molar-refractivity contribution in [1.29, 1.82) is 0 Å². The molecule has 2 aromatic heterocycles. The standard InChI is InChI=1S/C20H23N5O2/c26-20(18-9-13-27-14-18)25(24-15-21-22-16-24)19-7-11-23(12-8-19)10-6-17-4-2-1-3-5-17/h1-5,9,13-16,19H,6-8,10-12H2. The van der Waals surface area contributed by atoms with E-state index in [-0.39, 0.29) is 11.9 Å². The highest BCUT2D eigenvalue weighted by Crippen LogP contribution is 2.19. The molecule has 0 spiro atoms. The van der Waals surface area contributed by atoms with E-state index in [9.17, 15) is 4.79 Å². The van der Waals surface area contributed by atoms with Gasteiger partial charge in [0.05, 0.1) is 17.9 Å². The molecule has 1 saturated heterocycles. The number of amides is 1. The summed E-state index contributed by atoms with van der Waals surface area (Å²) in [7, 11) is 0. The normalized spacial score (nSPS) is 15.7. The van der Waals surface area contributed by atoms with Gasteiger partial charge in [0.25, 0.3) is 5.91 Å². The fourth-order valence-electron chi connectivity index (χ4n) is 3.60. The van der Waals surface area contributed by atoms with Gasteiger partial charge in [-0.2, -0.15) is 0 Å². The first-order valence-corrected chi connectivity index (χ1v) is 9.28. The van der Waals surface area contributed by atoms with Gasteiger partial charge in [-0.25, -0.2) is 9.69 Å². The zero-order valence-corrected chi connectivity index (χ0v) is 15.1. The van der Waals surface area contributed by atoms with Crippen LogP contribution in [0.3, 0.4) is 0 Å². The Morgan fingerprint density at radius 1 is 1.11 bits per heavy atom. The zero-order valence-electron chi connectivity index (χ0n) is 15.1. The molecule has 1 aliphatic rings. The highest BCUT2D eigenvalue weighted by Gasteiger charge is 2.30. The van der Waals surface area contributed by atoms with E-state index < -0.39 is 0 Å². The number of carbonyl (C=O) groups is 1. The summed E-state index contributed by atoms with van der Waals surface area (Å²) in [5.74, 6) is -0.0914. The molecule has 7 nitrogen and oxygen atoms in total. The molecule has 1 aromatic carbocycles. The lowest BCUT2D eigenvalue weighted by atomic mass is 10.0. The second-order valence-corrected chi connectivity index (χ2v) is 6.81. The summed E-state index contributed by atoms with van der Waals surface area (Å²) in [6.45, 7) is 2.97. The molecule has 4 rings (SSSR count). The third-order valence-corrected chi connectivity index (χ3v) is 5.09. The van der Waals surface area contributed by atoms with Gasteiger partial charge in [0.1, 0.15) is 18.9 Å². The molecule has 1 aliphatic heterocycles. The van der Waals surface area contributed by atoms with Crippen LogP contribution in [-0.4, -0.2) is 51.4 Å². The first kappa shape index (κ1) is 17.5. The van der Waals surface area contributed by atoms with Crippen LogP contribution in [0.15, 0.2) is 66.0 Å². The summed E-state index contributed by atoms with van der Waals surface area (Å²) >= 11 is 0. The summed E-state index contributed by atoms with van der Waals surface area (Å²) in [5, 5.41) is 9.48. The predicted octanol–water partition coefficient (Wildman–Crippen LogP) is 2.36. The quantitative estimate of drug-likeness (QED) is 0.671. The minimum Gasteiger partial charge on any atom is -0.472 e. The van der Waals surface area contributed by atoms with Crippen LogP contribution in [0.4, 0.5) is 0 Å². The molecule has 1 fully saturated rings. The molecule has 0 unspecified atom stereocenters. The van der Waals surface area contributed by atoms with Gasteiger partial charge in [0.15, 0.2) is 0 Å². The number of furan rings is 1. The smallest absolute Gasteiger partial charge is 0.276 e. The van der Waals surface area contributed by atoms with E-state index in [0.717, 1.165) is 38.9 Å².